The first-order valence-corrected chi connectivity index (χ1v) is 4.88. The van der Waals surface area contributed by atoms with E-state index in [0.29, 0.717) is 12.6 Å². The molecule has 1 fully saturated rings. The quantitative estimate of drug-likeness (QED) is 0.669. The average Bonchev–Trinajstić information content (AvgIpc) is 2.56. The lowest BCUT2D eigenvalue weighted by atomic mass is 10.2. The van der Waals surface area contributed by atoms with Gasteiger partial charge in [0.1, 0.15) is 6.67 Å². The molecule has 0 spiro atoms. The highest BCUT2D eigenvalue weighted by Crippen LogP contribution is 2.06. The second-order valence-electron chi connectivity index (χ2n) is 3.38. The number of nitrogens with one attached hydrogen (secondary N) is 1. The smallest absolute Gasteiger partial charge is 0.102 e. The van der Waals surface area contributed by atoms with E-state index in [-0.39, 0.29) is 6.67 Å². The van der Waals surface area contributed by atoms with Crippen LogP contribution in [0.1, 0.15) is 19.8 Å². The molecule has 0 aromatic rings. The number of nitrogens with zero attached hydrogens (tertiary/aromatic N) is 1. The van der Waals surface area contributed by atoms with Crippen LogP contribution in [0.2, 0.25) is 0 Å². The largest absolute Gasteiger partial charge is 0.313 e. The zero-order valence-corrected chi connectivity index (χ0v) is 7.85. The third-order valence-corrected chi connectivity index (χ3v) is 2.49. The minimum Gasteiger partial charge on any atom is -0.313 e. The van der Waals surface area contributed by atoms with Crippen LogP contribution in [-0.2, 0) is 0 Å². The maximum Gasteiger partial charge on any atom is 0.102 e. The number of halogens is 1. The molecule has 0 aliphatic carbocycles. The van der Waals surface area contributed by atoms with E-state index in [0.717, 1.165) is 19.6 Å². The molecule has 12 heavy (non-hydrogen) atoms. The maximum absolute atomic E-state index is 12.0. The Bertz CT molecular complexity index is 113. The van der Waals surface area contributed by atoms with Gasteiger partial charge in [-0.25, -0.2) is 4.39 Å². The van der Waals surface area contributed by atoms with Gasteiger partial charge in [-0.15, -0.1) is 0 Å². The predicted molar refractivity (Wildman–Crippen MR) is 49.1 cm³/mol. The lowest BCUT2D eigenvalue weighted by Gasteiger charge is -2.22. The van der Waals surface area contributed by atoms with Crippen molar-refractivity contribution in [3.8, 4) is 0 Å². The molecule has 2 nitrogen and oxygen atoms in total. The van der Waals surface area contributed by atoms with Crippen molar-refractivity contribution < 1.29 is 4.39 Å². The summed E-state index contributed by atoms with van der Waals surface area (Å²) in [5, 5.41) is 3.42. The standard InChI is InChI=1S/C9H19FN2/c1-2-12(7-5-10)8-9-4-3-6-11-9/h9,11H,2-8H2,1H3. The summed E-state index contributed by atoms with van der Waals surface area (Å²) in [6.45, 7) is 5.57. The van der Waals surface area contributed by atoms with Crippen LogP contribution in [0.5, 0.6) is 0 Å². The number of hydrogen-bond donors (Lipinski definition) is 1. The normalized spacial score (nSPS) is 23.8. The van der Waals surface area contributed by atoms with Crippen molar-refractivity contribution in [2.45, 2.75) is 25.8 Å². The molecule has 1 rings (SSSR count). The molecule has 0 aromatic carbocycles. The lowest BCUT2D eigenvalue weighted by Crippen LogP contribution is -2.38. The van der Waals surface area contributed by atoms with Gasteiger partial charge in [-0.1, -0.05) is 6.92 Å². The van der Waals surface area contributed by atoms with Gasteiger partial charge in [-0.05, 0) is 25.9 Å². The zero-order chi connectivity index (χ0) is 8.81. The van der Waals surface area contributed by atoms with Crippen molar-refractivity contribution in [3.63, 3.8) is 0 Å². The summed E-state index contributed by atoms with van der Waals surface area (Å²) in [6, 6.07) is 0.608. The Kier molecular flexibility index (Phi) is 4.54. The molecular weight excluding hydrogens is 155 g/mol. The number of alkyl halides is 1. The fourth-order valence-electron chi connectivity index (χ4n) is 1.72. The molecule has 0 aromatic heterocycles. The molecule has 1 heterocycles. The van der Waals surface area contributed by atoms with Crippen molar-refractivity contribution >= 4 is 0 Å². The van der Waals surface area contributed by atoms with Gasteiger partial charge in [-0.2, -0.15) is 0 Å². The Hall–Kier alpha value is -0.150. The molecule has 1 aliphatic heterocycles. The zero-order valence-electron chi connectivity index (χ0n) is 7.85. The molecule has 3 heteroatoms. The van der Waals surface area contributed by atoms with Crippen molar-refractivity contribution in [3.05, 3.63) is 0 Å². The Balaban J connectivity index is 2.16. The first-order valence-electron chi connectivity index (χ1n) is 4.88. The third kappa shape index (κ3) is 3.07. The van der Waals surface area contributed by atoms with Crippen LogP contribution in [0.3, 0.4) is 0 Å². The van der Waals surface area contributed by atoms with Crippen LogP contribution in [0.4, 0.5) is 4.39 Å². The van der Waals surface area contributed by atoms with Crippen LogP contribution >= 0.6 is 0 Å². The molecule has 0 radical (unpaired) electrons. The molecule has 0 amide bonds. The summed E-state index contributed by atoms with van der Waals surface area (Å²) in [6.07, 6.45) is 2.53. The number of likely N-dealkylation sites (N-methyl/N-ethyl adjacent to an activating group) is 1. The first-order chi connectivity index (χ1) is 5.86. The summed E-state index contributed by atoms with van der Waals surface area (Å²) in [4.78, 5) is 2.17. The van der Waals surface area contributed by atoms with E-state index in [1.165, 1.54) is 12.8 Å². The second kappa shape index (κ2) is 5.49. The molecule has 1 aliphatic rings. The maximum atomic E-state index is 12.0. The van der Waals surface area contributed by atoms with E-state index < -0.39 is 0 Å². The molecule has 0 bridgehead atoms. The monoisotopic (exact) mass is 174 g/mol. The van der Waals surface area contributed by atoms with E-state index in [2.05, 4.69) is 17.1 Å². The van der Waals surface area contributed by atoms with Gasteiger partial charge in [0.25, 0.3) is 0 Å². The minimum absolute atomic E-state index is 0.222. The van der Waals surface area contributed by atoms with Crippen molar-refractivity contribution in [1.82, 2.24) is 10.2 Å². The van der Waals surface area contributed by atoms with Gasteiger partial charge in [-0.3, -0.25) is 4.90 Å². The van der Waals surface area contributed by atoms with Gasteiger partial charge < -0.3 is 5.32 Å². The van der Waals surface area contributed by atoms with Crippen molar-refractivity contribution in [2.24, 2.45) is 0 Å². The van der Waals surface area contributed by atoms with E-state index in [9.17, 15) is 4.39 Å². The van der Waals surface area contributed by atoms with Crippen LogP contribution in [0.15, 0.2) is 0 Å². The Morgan fingerprint density at radius 3 is 2.92 bits per heavy atom. The predicted octanol–water partition coefficient (Wildman–Crippen LogP) is 1.03. The molecule has 1 atom stereocenters. The van der Waals surface area contributed by atoms with Gasteiger partial charge >= 0.3 is 0 Å². The summed E-state index contributed by atoms with van der Waals surface area (Å²) in [7, 11) is 0. The number of rotatable bonds is 5. The fourth-order valence-corrected chi connectivity index (χ4v) is 1.72. The highest BCUT2D eigenvalue weighted by Gasteiger charge is 2.16. The topological polar surface area (TPSA) is 15.3 Å². The Labute approximate surface area is 74.1 Å². The fraction of sp³-hybridized carbons (Fsp3) is 1.00. The molecule has 72 valence electrons. The molecule has 1 N–H and O–H groups in total. The van der Waals surface area contributed by atoms with Crippen LogP contribution in [-0.4, -0.2) is 43.8 Å². The van der Waals surface area contributed by atoms with Crippen molar-refractivity contribution in [1.29, 1.82) is 0 Å². The SMILES string of the molecule is CCN(CCF)CC1CCCN1. The average molecular weight is 174 g/mol. The molecule has 1 saturated heterocycles. The third-order valence-electron chi connectivity index (χ3n) is 2.49. The number of hydrogen-bond acceptors (Lipinski definition) is 2. The Morgan fingerprint density at radius 2 is 2.42 bits per heavy atom. The lowest BCUT2D eigenvalue weighted by molar-refractivity contribution is 0.238. The molecular formula is C9H19FN2. The van der Waals surface area contributed by atoms with E-state index in [1.807, 2.05) is 0 Å². The van der Waals surface area contributed by atoms with Crippen LogP contribution in [0.25, 0.3) is 0 Å². The van der Waals surface area contributed by atoms with E-state index in [4.69, 9.17) is 0 Å². The Morgan fingerprint density at radius 1 is 1.58 bits per heavy atom. The minimum atomic E-state index is -0.222. The highest BCUT2D eigenvalue weighted by molar-refractivity contribution is 4.77. The van der Waals surface area contributed by atoms with E-state index >= 15 is 0 Å². The molecule has 1 unspecified atom stereocenters. The molecule has 0 saturated carbocycles. The second-order valence-corrected chi connectivity index (χ2v) is 3.38. The van der Waals surface area contributed by atoms with Crippen LogP contribution in [0, 0.1) is 0 Å². The van der Waals surface area contributed by atoms with Crippen molar-refractivity contribution in [2.75, 3.05) is 32.9 Å². The highest BCUT2D eigenvalue weighted by atomic mass is 19.1. The van der Waals surface area contributed by atoms with Crippen LogP contribution < -0.4 is 5.32 Å². The van der Waals surface area contributed by atoms with Gasteiger partial charge in [0, 0.05) is 19.1 Å². The first kappa shape index (κ1) is 9.93. The van der Waals surface area contributed by atoms with Gasteiger partial charge in [0.05, 0.1) is 0 Å². The summed E-state index contributed by atoms with van der Waals surface area (Å²) in [5.74, 6) is 0. The van der Waals surface area contributed by atoms with Gasteiger partial charge in [0.2, 0.25) is 0 Å². The summed E-state index contributed by atoms with van der Waals surface area (Å²) < 4.78 is 12.0. The van der Waals surface area contributed by atoms with E-state index in [1.54, 1.807) is 0 Å². The van der Waals surface area contributed by atoms with Gasteiger partial charge in [0.15, 0.2) is 0 Å². The summed E-state index contributed by atoms with van der Waals surface area (Å²) in [5.41, 5.74) is 0. The summed E-state index contributed by atoms with van der Waals surface area (Å²) >= 11 is 0.